The van der Waals surface area contributed by atoms with Crippen LogP contribution in [0.15, 0.2) is 41.9 Å². The zero-order chi connectivity index (χ0) is 47.0. The van der Waals surface area contributed by atoms with E-state index in [1.54, 1.807) is 32.4 Å². The highest BCUT2D eigenvalue weighted by atomic mass is 32.1. The Morgan fingerprint density at radius 1 is 0.873 bits per heavy atom. The fraction of sp³-hybridized carbons (Fsp3) is 0.735. The van der Waals surface area contributed by atoms with Crippen LogP contribution in [0.2, 0.25) is 0 Å². The molecule has 2 heterocycles. The molecule has 63 heavy (non-hydrogen) atoms. The molecule has 1 fully saturated rings. The Morgan fingerprint density at radius 3 is 2.06 bits per heavy atom. The van der Waals surface area contributed by atoms with Crippen molar-refractivity contribution in [2.75, 3.05) is 55.0 Å². The van der Waals surface area contributed by atoms with Crippen LogP contribution in [0.4, 0.5) is 0 Å². The first-order chi connectivity index (χ1) is 29.9. The number of carbonyl (C=O) groups excluding carboxylic acids is 4. The molecule has 2 N–H and O–H groups in total. The first kappa shape index (κ1) is 53.9. The Hall–Kier alpha value is -3.43. The van der Waals surface area contributed by atoms with E-state index in [-0.39, 0.29) is 59.9 Å². The first-order valence-electron chi connectivity index (χ1n) is 23.4. The molecule has 1 aromatic heterocycles. The van der Waals surface area contributed by atoms with Crippen LogP contribution in [0.5, 0.6) is 0 Å². The summed E-state index contributed by atoms with van der Waals surface area (Å²) in [4.78, 5) is 69.6. The van der Waals surface area contributed by atoms with Crippen molar-refractivity contribution in [2.45, 2.75) is 156 Å². The number of nitrogens with zero attached hydrogens (tertiary/aromatic N) is 5. The third-order valence-corrected chi connectivity index (χ3v) is 14.3. The molecule has 0 radical (unpaired) electrons. The number of amides is 4. The summed E-state index contributed by atoms with van der Waals surface area (Å²) >= 11 is 1.51. The average molecular weight is 898 g/mol. The first-order valence-corrected chi connectivity index (χ1v) is 24.3. The molecule has 1 saturated heterocycles. The molecule has 0 saturated carbocycles. The molecule has 0 aliphatic carbocycles. The van der Waals surface area contributed by atoms with E-state index in [9.17, 15) is 19.2 Å². The van der Waals surface area contributed by atoms with E-state index in [1.807, 2.05) is 82.3 Å². The summed E-state index contributed by atoms with van der Waals surface area (Å²) in [6, 6.07) is 8.30. The average Bonchev–Trinajstić information content (AvgIpc) is 3.97. The number of ether oxygens (including phenoxy) is 2. The topological polar surface area (TPSA) is 137 Å². The number of rotatable bonds is 27. The van der Waals surface area contributed by atoms with Crippen molar-refractivity contribution in [3.8, 4) is 0 Å². The van der Waals surface area contributed by atoms with Crippen molar-refractivity contribution in [2.24, 2.45) is 23.7 Å². The van der Waals surface area contributed by atoms with Gasteiger partial charge in [0.15, 0.2) is 0 Å². The number of methoxy groups -OCH3 is 2. The van der Waals surface area contributed by atoms with E-state index in [0.29, 0.717) is 25.4 Å². The number of thiazole rings is 1. The van der Waals surface area contributed by atoms with E-state index in [1.165, 1.54) is 11.3 Å². The molecule has 0 bridgehead atoms. The van der Waals surface area contributed by atoms with Crippen LogP contribution in [0.3, 0.4) is 0 Å². The summed E-state index contributed by atoms with van der Waals surface area (Å²) in [5.74, 6) is -1.35. The van der Waals surface area contributed by atoms with Gasteiger partial charge >= 0.3 is 0 Å². The monoisotopic (exact) mass is 898 g/mol. The van der Waals surface area contributed by atoms with Gasteiger partial charge in [-0.15, -0.1) is 11.3 Å². The number of unbranched alkanes of at least 4 members (excludes halogenated alkanes) is 1. The second-order valence-electron chi connectivity index (χ2n) is 18.9. The van der Waals surface area contributed by atoms with Crippen molar-refractivity contribution in [3.05, 3.63) is 52.5 Å². The standard InChI is InChI=1S/C49H83N7O6S/c1-15-35(8)44(55(12)49(60)42(32(2)3)52-47(59)43(33(4)5)54(11)27-20-19-26-53(10)34(6)7)40(61-13)31-41(57)56-28-21-24-39(56)45(62-14)36(9)46(58)51-38(48-50-25-29-63-48)30-37-22-17-16-18-23-37/h16-18,22-23,25,29,32-36,38-40,42-45H,15,19-21,24,26-28,30-31H2,1-14H3,(H,51,58)(H,52,59)/t35-,36+,38-,39-,40+,42-,43-,44-,45+/m0/s1. The highest BCUT2D eigenvalue weighted by molar-refractivity contribution is 7.09. The fourth-order valence-electron chi connectivity index (χ4n) is 9.17. The molecule has 1 aliphatic rings. The lowest BCUT2D eigenvalue weighted by molar-refractivity contribution is -0.148. The molecule has 1 aromatic carbocycles. The number of nitrogens with one attached hydrogen (secondary N) is 2. The molecule has 356 valence electrons. The van der Waals surface area contributed by atoms with Gasteiger partial charge in [0.1, 0.15) is 11.0 Å². The number of aromatic nitrogens is 1. The predicted octanol–water partition coefficient (Wildman–Crippen LogP) is 6.68. The van der Waals surface area contributed by atoms with E-state index in [2.05, 4.69) is 60.2 Å². The van der Waals surface area contributed by atoms with Gasteiger partial charge in [-0.1, -0.05) is 85.2 Å². The highest BCUT2D eigenvalue weighted by Crippen LogP contribution is 2.31. The number of likely N-dealkylation sites (N-methyl/N-ethyl adjacent to an activating group) is 2. The van der Waals surface area contributed by atoms with Crippen LogP contribution in [-0.4, -0.2) is 146 Å². The van der Waals surface area contributed by atoms with Gasteiger partial charge in [0.05, 0.1) is 48.7 Å². The van der Waals surface area contributed by atoms with Gasteiger partial charge < -0.3 is 34.8 Å². The minimum Gasteiger partial charge on any atom is -0.379 e. The summed E-state index contributed by atoms with van der Waals surface area (Å²) in [6.45, 7) is 20.7. The summed E-state index contributed by atoms with van der Waals surface area (Å²) in [7, 11) is 9.10. The van der Waals surface area contributed by atoms with Gasteiger partial charge in [-0.05, 0) is 96.5 Å². The lowest BCUT2D eigenvalue weighted by atomic mass is 9.89. The zero-order valence-corrected chi connectivity index (χ0v) is 42.0. The minimum atomic E-state index is -0.766. The molecule has 1 aliphatic heterocycles. The number of carbonyl (C=O) groups is 4. The van der Waals surface area contributed by atoms with Gasteiger partial charge in [-0.25, -0.2) is 4.98 Å². The molecule has 0 spiro atoms. The Bertz CT molecular complexity index is 1660. The molecule has 9 atom stereocenters. The van der Waals surface area contributed by atoms with Gasteiger partial charge in [0, 0.05) is 45.4 Å². The highest BCUT2D eigenvalue weighted by Gasteiger charge is 2.43. The van der Waals surface area contributed by atoms with Crippen LogP contribution in [0, 0.1) is 23.7 Å². The molecular formula is C49H83N7O6S. The normalized spacial score (nSPS) is 18.3. The Morgan fingerprint density at radius 2 is 1.52 bits per heavy atom. The van der Waals surface area contributed by atoms with Gasteiger partial charge in [-0.2, -0.15) is 0 Å². The van der Waals surface area contributed by atoms with Crippen LogP contribution >= 0.6 is 11.3 Å². The summed E-state index contributed by atoms with van der Waals surface area (Å²) in [5, 5.41) is 9.16. The van der Waals surface area contributed by atoms with Crippen molar-refractivity contribution < 1.29 is 28.7 Å². The van der Waals surface area contributed by atoms with Gasteiger partial charge in [0.25, 0.3) is 0 Å². The molecule has 0 unspecified atom stereocenters. The number of hydrogen-bond donors (Lipinski definition) is 2. The summed E-state index contributed by atoms with van der Waals surface area (Å²) in [5.41, 5.74) is 1.09. The Labute approximate surface area is 384 Å². The van der Waals surface area contributed by atoms with Crippen molar-refractivity contribution in [1.29, 1.82) is 0 Å². The Balaban J connectivity index is 1.75. The maximum atomic E-state index is 14.6. The molecule has 13 nitrogen and oxygen atoms in total. The molecule has 2 aromatic rings. The largest absolute Gasteiger partial charge is 0.379 e. The second kappa shape index (κ2) is 26.5. The molecular weight excluding hydrogens is 815 g/mol. The van der Waals surface area contributed by atoms with Crippen LogP contribution in [-0.2, 0) is 35.1 Å². The quantitative estimate of drug-likeness (QED) is 0.0942. The third-order valence-electron chi connectivity index (χ3n) is 13.4. The Kier molecular flexibility index (Phi) is 22.7. The maximum absolute atomic E-state index is 14.6. The van der Waals surface area contributed by atoms with Crippen LogP contribution in [0.25, 0.3) is 0 Å². The maximum Gasteiger partial charge on any atom is 0.245 e. The zero-order valence-electron chi connectivity index (χ0n) is 41.1. The van der Waals surface area contributed by atoms with Crippen molar-refractivity contribution >= 4 is 35.0 Å². The van der Waals surface area contributed by atoms with Crippen LogP contribution < -0.4 is 10.6 Å². The van der Waals surface area contributed by atoms with E-state index >= 15 is 0 Å². The SMILES string of the molecule is CC[C@H](C)[C@@H]([C@@H](CC(=O)N1CCC[C@H]1[C@H](OC)[C@@H](C)C(=O)N[C@@H](Cc1ccccc1)c1nccs1)OC)N(C)C(=O)[C@@H](NC(=O)[C@H](C(C)C)N(C)CCCCN(C)C(C)C)C(C)C. The minimum absolute atomic E-state index is 0.0176. The van der Waals surface area contributed by atoms with E-state index < -0.39 is 36.3 Å². The lowest BCUT2D eigenvalue weighted by Gasteiger charge is -2.41. The van der Waals surface area contributed by atoms with Crippen LogP contribution in [0.1, 0.15) is 117 Å². The molecule has 14 heteroatoms. The van der Waals surface area contributed by atoms with E-state index in [4.69, 9.17) is 9.47 Å². The predicted molar refractivity (Wildman–Crippen MR) is 254 cm³/mol. The van der Waals surface area contributed by atoms with Crippen molar-refractivity contribution in [3.63, 3.8) is 0 Å². The number of likely N-dealkylation sites (tertiary alicyclic amines) is 1. The smallest absolute Gasteiger partial charge is 0.245 e. The van der Waals surface area contributed by atoms with E-state index in [0.717, 1.165) is 49.3 Å². The molecule has 3 rings (SSSR count). The van der Waals surface area contributed by atoms with Gasteiger partial charge in [0.2, 0.25) is 23.6 Å². The molecule has 4 amide bonds. The third kappa shape index (κ3) is 15.3. The summed E-state index contributed by atoms with van der Waals surface area (Å²) < 4.78 is 12.2. The second-order valence-corrected chi connectivity index (χ2v) is 19.8. The summed E-state index contributed by atoms with van der Waals surface area (Å²) in [6.07, 6.45) is 5.47. The number of benzene rings is 1. The van der Waals surface area contributed by atoms with Crippen molar-refractivity contribution in [1.82, 2.24) is 35.2 Å². The van der Waals surface area contributed by atoms with Gasteiger partial charge in [-0.3, -0.25) is 24.1 Å². The fourth-order valence-corrected chi connectivity index (χ4v) is 9.86. The lowest BCUT2D eigenvalue weighted by Crippen LogP contribution is -2.60. The number of hydrogen-bond acceptors (Lipinski definition) is 10.